The summed E-state index contributed by atoms with van der Waals surface area (Å²) >= 11 is 6.28. The molecule has 3 aromatic carbocycles. The molecule has 0 unspecified atom stereocenters. The third kappa shape index (κ3) is 2.96. The predicted octanol–water partition coefficient (Wildman–Crippen LogP) is 6.41. The van der Waals surface area contributed by atoms with Gasteiger partial charge in [0.2, 0.25) is 5.28 Å². The summed E-state index contributed by atoms with van der Waals surface area (Å²) in [4.78, 5) is 9.00. The average molecular weight is 382 g/mol. The van der Waals surface area contributed by atoms with Crippen LogP contribution < -0.4 is 0 Å². The van der Waals surface area contributed by atoms with E-state index >= 15 is 0 Å². The zero-order valence-electron chi connectivity index (χ0n) is 15.0. The Morgan fingerprint density at radius 1 is 0.607 bits per heavy atom. The Bertz CT molecular complexity index is 1240. The van der Waals surface area contributed by atoms with Gasteiger partial charge < -0.3 is 4.57 Å². The minimum atomic E-state index is 0.241. The Kier molecular flexibility index (Phi) is 4.15. The molecule has 0 spiro atoms. The highest BCUT2D eigenvalue weighted by molar-refractivity contribution is 6.28. The topological polar surface area (TPSA) is 30.7 Å². The Morgan fingerprint density at radius 2 is 1.21 bits per heavy atom. The van der Waals surface area contributed by atoms with Gasteiger partial charge in [0.05, 0.1) is 5.69 Å². The maximum atomic E-state index is 6.28. The van der Waals surface area contributed by atoms with Crippen molar-refractivity contribution < 1.29 is 0 Å². The number of nitrogens with zero attached hydrogens (tertiary/aromatic N) is 3. The van der Waals surface area contributed by atoms with Crippen LogP contribution in [0.15, 0.2) is 97.2 Å². The van der Waals surface area contributed by atoms with Gasteiger partial charge in [-0.3, -0.25) is 0 Å². The zero-order chi connectivity index (χ0) is 18.9. The Hall–Kier alpha value is -3.43. The van der Waals surface area contributed by atoms with Crippen LogP contribution in [0.4, 0.5) is 0 Å². The van der Waals surface area contributed by atoms with Crippen LogP contribution in [0.5, 0.6) is 0 Å². The first kappa shape index (κ1) is 16.7. The second kappa shape index (κ2) is 6.95. The molecule has 0 N–H and O–H groups in total. The summed E-state index contributed by atoms with van der Waals surface area (Å²) in [6.07, 6.45) is 2.01. The largest absolute Gasteiger partial charge is 0.301 e. The molecule has 4 heteroatoms. The number of halogens is 1. The van der Waals surface area contributed by atoms with Crippen molar-refractivity contribution >= 4 is 22.6 Å². The number of para-hydroxylation sites is 1. The Morgan fingerprint density at radius 3 is 1.93 bits per heavy atom. The van der Waals surface area contributed by atoms with Gasteiger partial charge in [-0.2, -0.15) is 4.98 Å². The highest BCUT2D eigenvalue weighted by Crippen LogP contribution is 2.31. The van der Waals surface area contributed by atoms with E-state index in [2.05, 4.69) is 46.4 Å². The average Bonchev–Trinajstić information content (AvgIpc) is 3.18. The van der Waals surface area contributed by atoms with Gasteiger partial charge in [-0.25, -0.2) is 4.98 Å². The van der Waals surface area contributed by atoms with E-state index in [0.29, 0.717) is 0 Å². The van der Waals surface area contributed by atoms with Gasteiger partial charge in [0.25, 0.3) is 0 Å². The van der Waals surface area contributed by atoms with Gasteiger partial charge in [0, 0.05) is 22.8 Å². The highest BCUT2D eigenvalue weighted by Gasteiger charge is 2.13. The van der Waals surface area contributed by atoms with E-state index in [0.717, 1.165) is 28.0 Å². The molecular formula is C24H16ClN3. The van der Waals surface area contributed by atoms with Gasteiger partial charge in [-0.15, -0.1) is 0 Å². The third-order valence-corrected chi connectivity index (χ3v) is 4.99. The quantitative estimate of drug-likeness (QED) is 0.338. The molecule has 0 atom stereocenters. The number of aromatic nitrogens is 3. The molecule has 0 saturated heterocycles. The number of benzene rings is 3. The lowest BCUT2D eigenvalue weighted by molar-refractivity contribution is 1.08. The van der Waals surface area contributed by atoms with Gasteiger partial charge in [-0.1, -0.05) is 72.8 Å². The van der Waals surface area contributed by atoms with Crippen molar-refractivity contribution in [1.29, 1.82) is 0 Å². The Balaban J connectivity index is 1.62. The second-order valence-corrected chi connectivity index (χ2v) is 6.88. The van der Waals surface area contributed by atoms with Crippen LogP contribution in [0.3, 0.4) is 0 Å². The summed E-state index contributed by atoms with van der Waals surface area (Å²) in [6, 6.07) is 30.9. The van der Waals surface area contributed by atoms with Crippen molar-refractivity contribution in [1.82, 2.24) is 14.5 Å². The fourth-order valence-corrected chi connectivity index (χ4v) is 3.62. The lowest BCUT2D eigenvalue weighted by Crippen LogP contribution is -1.96. The SMILES string of the molecule is Clc1nc(-c2ccc(-c3ccccc3)cc2)c2ccn(-c3ccccc3)c2n1. The summed E-state index contributed by atoms with van der Waals surface area (Å²) in [6.45, 7) is 0. The molecule has 3 nitrogen and oxygen atoms in total. The molecule has 28 heavy (non-hydrogen) atoms. The standard InChI is InChI=1S/C24H16ClN3/c25-24-26-22(19-13-11-18(12-14-19)17-7-3-1-4-8-17)21-15-16-28(23(21)27-24)20-9-5-2-6-10-20/h1-16H. The van der Waals surface area contributed by atoms with Gasteiger partial charge >= 0.3 is 0 Å². The van der Waals surface area contributed by atoms with E-state index in [4.69, 9.17) is 11.6 Å². The molecule has 134 valence electrons. The van der Waals surface area contributed by atoms with E-state index in [-0.39, 0.29) is 5.28 Å². The van der Waals surface area contributed by atoms with Crippen molar-refractivity contribution in [2.45, 2.75) is 0 Å². The number of hydrogen-bond donors (Lipinski definition) is 0. The molecule has 5 rings (SSSR count). The molecule has 2 heterocycles. The fourth-order valence-electron chi connectivity index (χ4n) is 3.46. The van der Waals surface area contributed by atoms with Crippen LogP contribution in [0.1, 0.15) is 0 Å². The molecule has 0 amide bonds. The first-order valence-corrected chi connectivity index (χ1v) is 9.43. The van der Waals surface area contributed by atoms with Crippen LogP contribution in [-0.2, 0) is 0 Å². The van der Waals surface area contributed by atoms with Crippen molar-refractivity contribution in [3.63, 3.8) is 0 Å². The molecule has 5 aromatic rings. The summed E-state index contributed by atoms with van der Waals surface area (Å²) in [7, 11) is 0. The molecule has 0 aliphatic heterocycles. The van der Waals surface area contributed by atoms with Crippen LogP contribution in [0, 0.1) is 0 Å². The van der Waals surface area contributed by atoms with Crippen LogP contribution in [0.2, 0.25) is 5.28 Å². The van der Waals surface area contributed by atoms with E-state index in [1.807, 2.05) is 65.4 Å². The van der Waals surface area contributed by atoms with Gasteiger partial charge in [-0.05, 0) is 40.9 Å². The van der Waals surface area contributed by atoms with E-state index < -0.39 is 0 Å². The van der Waals surface area contributed by atoms with E-state index in [1.54, 1.807) is 0 Å². The predicted molar refractivity (Wildman–Crippen MR) is 115 cm³/mol. The number of rotatable bonds is 3. The normalized spacial score (nSPS) is 11.0. The molecule has 0 fully saturated rings. The first-order valence-electron chi connectivity index (χ1n) is 9.05. The molecular weight excluding hydrogens is 366 g/mol. The highest BCUT2D eigenvalue weighted by atomic mass is 35.5. The van der Waals surface area contributed by atoms with E-state index in [9.17, 15) is 0 Å². The fraction of sp³-hybridized carbons (Fsp3) is 0. The Labute approximate surface area is 167 Å². The molecule has 0 saturated carbocycles. The third-order valence-electron chi connectivity index (χ3n) is 4.82. The zero-order valence-corrected chi connectivity index (χ0v) is 15.7. The summed E-state index contributed by atoms with van der Waals surface area (Å²) in [5.74, 6) is 0. The number of fused-ring (bicyclic) bond motifs is 1. The summed E-state index contributed by atoms with van der Waals surface area (Å²) < 4.78 is 2.03. The molecule has 0 aliphatic rings. The van der Waals surface area contributed by atoms with Crippen molar-refractivity contribution in [3.8, 4) is 28.1 Å². The van der Waals surface area contributed by atoms with Crippen LogP contribution in [-0.4, -0.2) is 14.5 Å². The molecule has 2 aromatic heterocycles. The van der Waals surface area contributed by atoms with Crippen molar-refractivity contribution in [2.24, 2.45) is 0 Å². The van der Waals surface area contributed by atoms with Crippen LogP contribution >= 0.6 is 11.6 Å². The van der Waals surface area contributed by atoms with Crippen LogP contribution in [0.25, 0.3) is 39.1 Å². The van der Waals surface area contributed by atoms with Gasteiger partial charge in [0.1, 0.15) is 5.65 Å². The second-order valence-electron chi connectivity index (χ2n) is 6.54. The number of hydrogen-bond acceptors (Lipinski definition) is 2. The minimum Gasteiger partial charge on any atom is -0.301 e. The monoisotopic (exact) mass is 381 g/mol. The maximum absolute atomic E-state index is 6.28. The molecule has 0 bridgehead atoms. The van der Waals surface area contributed by atoms with Gasteiger partial charge in [0.15, 0.2) is 0 Å². The maximum Gasteiger partial charge on any atom is 0.224 e. The van der Waals surface area contributed by atoms with Crippen molar-refractivity contribution in [2.75, 3.05) is 0 Å². The molecule has 0 radical (unpaired) electrons. The lowest BCUT2D eigenvalue weighted by atomic mass is 10.0. The smallest absolute Gasteiger partial charge is 0.224 e. The summed E-state index contributed by atoms with van der Waals surface area (Å²) in [5.41, 5.74) is 6.05. The lowest BCUT2D eigenvalue weighted by Gasteiger charge is -2.08. The van der Waals surface area contributed by atoms with Crippen molar-refractivity contribution in [3.05, 3.63) is 102 Å². The summed E-state index contributed by atoms with van der Waals surface area (Å²) in [5, 5.41) is 1.21. The van der Waals surface area contributed by atoms with E-state index in [1.165, 1.54) is 11.1 Å². The minimum absolute atomic E-state index is 0.241. The first-order chi connectivity index (χ1) is 13.8. The molecule has 0 aliphatic carbocycles.